The summed E-state index contributed by atoms with van der Waals surface area (Å²) < 4.78 is 7.31. The Morgan fingerprint density at radius 2 is 2.00 bits per heavy atom. The summed E-state index contributed by atoms with van der Waals surface area (Å²) in [5.41, 5.74) is 1.57. The SMILES string of the molecule is CC(C)OCC(O)Cn1cnc2c(N3CCCC3)ncnc21. The van der Waals surface area contributed by atoms with Gasteiger partial charge in [-0.05, 0) is 26.7 Å². The van der Waals surface area contributed by atoms with Gasteiger partial charge in [-0.3, -0.25) is 0 Å². The van der Waals surface area contributed by atoms with E-state index in [9.17, 15) is 5.11 Å². The van der Waals surface area contributed by atoms with E-state index in [4.69, 9.17) is 4.74 Å². The van der Waals surface area contributed by atoms with Crippen molar-refractivity contribution in [2.45, 2.75) is 45.4 Å². The second-order valence-electron chi connectivity index (χ2n) is 6.00. The van der Waals surface area contributed by atoms with E-state index in [2.05, 4.69) is 19.9 Å². The highest BCUT2D eigenvalue weighted by Gasteiger charge is 2.19. The molecule has 22 heavy (non-hydrogen) atoms. The molecule has 1 N–H and O–H groups in total. The summed E-state index contributed by atoms with van der Waals surface area (Å²) >= 11 is 0. The van der Waals surface area contributed by atoms with Gasteiger partial charge in [-0.1, -0.05) is 0 Å². The molecule has 7 nitrogen and oxygen atoms in total. The van der Waals surface area contributed by atoms with E-state index in [-0.39, 0.29) is 6.10 Å². The molecule has 0 aromatic carbocycles. The van der Waals surface area contributed by atoms with Crippen molar-refractivity contribution in [1.29, 1.82) is 0 Å². The van der Waals surface area contributed by atoms with Gasteiger partial charge in [0.05, 0.1) is 31.7 Å². The molecule has 0 spiro atoms. The molecule has 1 fully saturated rings. The van der Waals surface area contributed by atoms with E-state index in [1.54, 1.807) is 12.7 Å². The Kier molecular flexibility index (Phi) is 4.54. The Bertz CT molecular complexity index is 621. The van der Waals surface area contributed by atoms with Crippen LogP contribution < -0.4 is 4.90 Å². The van der Waals surface area contributed by atoms with Crippen molar-refractivity contribution < 1.29 is 9.84 Å². The maximum atomic E-state index is 10.1. The molecule has 1 unspecified atom stereocenters. The fourth-order valence-corrected chi connectivity index (χ4v) is 2.75. The first-order valence-electron chi connectivity index (χ1n) is 7.85. The van der Waals surface area contributed by atoms with Gasteiger partial charge in [0.2, 0.25) is 0 Å². The fraction of sp³-hybridized carbons (Fsp3) is 0.667. The highest BCUT2D eigenvalue weighted by molar-refractivity contribution is 5.83. The van der Waals surface area contributed by atoms with Crippen molar-refractivity contribution in [3.05, 3.63) is 12.7 Å². The number of nitrogens with zero attached hydrogens (tertiary/aromatic N) is 5. The summed E-state index contributed by atoms with van der Waals surface area (Å²) in [6.45, 7) is 6.67. The van der Waals surface area contributed by atoms with Gasteiger partial charge in [-0.25, -0.2) is 15.0 Å². The summed E-state index contributed by atoms with van der Waals surface area (Å²) in [7, 11) is 0. The Balaban J connectivity index is 1.78. The third-order valence-electron chi connectivity index (χ3n) is 3.82. The molecule has 120 valence electrons. The molecule has 3 heterocycles. The monoisotopic (exact) mass is 305 g/mol. The van der Waals surface area contributed by atoms with Gasteiger partial charge in [0.1, 0.15) is 6.33 Å². The molecule has 7 heteroatoms. The van der Waals surface area contributed by atoms with Crippen LogP contribution in [0.25, 0.3) is 11.2 Å². The standard InChI is InChI=1S/C15H23N5O2/c1-11(2)22-8-12(21)7-20-10-18-13-14(16-9-17-15(13)20)19-5-3-4-6-19/h9-12,21H,3-8H2,1-2H3. The van der Waals surface area contributed by atoms with Gasteiger partial charge >= 0.3 is 0 Å². The first-order valence-corrected chi connectivity index (χ1v) is 7.85. The number of hydrogen-bond acceptors (Lipinski definition) is 6. The number of anilines is 1. The maximum absolute atomic E-state index is 10.1. The molecule has 0 radical (unpaired) electrons. The van der Waals surface area contributed by atoms with E-state index in [1.165, 1.54) is 12.8 Å². The lowest BCUT2D eigenvalue weighted by Crippen LogP contribution is -2.23. The van der Waals surface area contributed by atoms with Crippen LogP contribution in [0.2, 0.25) is 0 Å². The minimum atomic E-state index is -0.579. The van der Waals surface area contributed by atoms with E-state index in [0.29, 0.717) is 13.2 Å². The van der Waals surface area contributed by atoms with Crippen LogP contribution in [0.5, 0.6) is 0 Å². The predicted octanol–water partition coefficient (Wildman–Crippen LogP) is 1.21. The van der Waals surface area contributed by atoms with Crippen molar-refractivity contribution in [2.75, 3.05) is 24.6 Å². The summed E-state index contributed by atoms with van der Waals surface area (Å²) in [6, 6.07) is 0. The lowest BCUT2D eigenvalue weighted by Gasteiger charge is -2.16. The number of aliphatic hydroxyl groups is 1. The molecule has 1 aliphatic rings. The highest BCUT2D eigenvalue weighted by atomic mass is 16.5. The summed E-state index contributed by atoms with van der Waals surface area (Å²) in [4.78, 5) is 15.4. The van der Waals surface area contributed by atoms with Gasteiger partial charge in [0, 0.05) is 13.1 Å². The van der Waals surface area contributed by atoms with E-state index in [0.717, 1.165) is 30.1 Å². The van der Waals surface area contributed by atoms with Crippen LogP contribution in [-0.2, 0) is 11.3 Å². The maximum Gasteiger partial charge on any atom is 0.165 e. The van der Waals surface area contributed by atoms with E-state index < -0.39 is 6.10 Å². The van der Waals surface area contributed by atoms with E-state index in [1.807, 2.05) is 18.4 Å². The number of ether oxygens (including phenoxy) is 1. The Morgan fingerprint density at radius 3 is 2.73 bits per heavy atom. The Labute approximate surface area is 130 Å². The lowest BCUT2D eigenvalue weighted by molar-refractivity contribution is -0.000343. The van der Waals surface area contributed by atoms with Gasteiger partial charge in [0.15, 0.2) is 17.0 Å². The van der Waals surface area contributed by atoms with Crippen molar-refractivity contribution in [1.82, 2.24) is 19.5 Å². The minimum Gasteiger partial charge on any atom is -0.389 e. The highest BCUT2D eigenvalue weighted by Crippen LogP contribution is 2.24. The van der Waals surface area contributed by atoms with E-state index >= 15 is 0 Å². The van der Waals surface area contributed by atoms with Crippen LogP contribution in [0, 0.1) is 0 Å². The molecule has 1 aliphatic heterocycles. The number of hydrogen-bond donors (Lipinski definition) is 1. The van der Waals surface area contributed by atoms with Crippen molar-refractivity contribution in [3.63, 3.8) is 0 Å². The number of aromatic nitrogens is 4. The number of fused-ring (bicyclic) bond motifs is 1. The zero-order chi connectivity index (χ0) is 15.5. The largest absolute Gasteiger partial charge is 0.389 e. The summed E-state index contributed by atoms with van der Waals surface area (Å²) in [6.07, 6.45) is 5.21. The average Bonchev–Trinajstić information content (AvgIpc) is 3.15. The van der Waals surface area contributed by atoms with Crippen LogP contribution >= 0.6 is 0 Å². The predicted molar refractivity (Wildman–Crippen MR) is 83.9 cm³/mol. The fourth-order valence-electron chi connectivity index (χ4n) is 2.75. The second-order valence-corrected chi connectivity index (χ2v) is 6.00. The zero-order valence-corrected chi connectivity index (χ0v) is 13.1. The topological polar surface area (TPSA) is 76.3 Å². The molecule has 0 aliphatic carbocycles. The summed E-state index contributed by atoms with van der Waals surface area (Å²) in [5, 5.41) is 10.1. The van der Waals surface area contributed by atoms with Gasteiger partial charge in [-0.15, -0.1) is 0 Å². The van der Waals surface area contributed by atoms with Crippen LogP contribution in [0.15, 0.2) is 12.7 Å². The van der Waals surface area contributed by atoms with Crippen LogP contribution in [0.3, 0.4) is 0 Å². The molecule has 0 bridgehead atoms. The zero-order valence-electron chi connectivity index (χ0n) is 13.1. The molecular weight excluding hydrogens is 282 g/mol. The first-order chi connectivity index (χ1) is 10.6. The van der Waals surface area contributed by atoms with Gasteiger partial charge < -0.3 is 19.3 Å². The lowest BCUT2D eigenvalue weighted by atomic mass is 10.3. The quantitative estimate of drug-likeness (QED) is 0.864. The molecule has 0 amide bonds. The molecule has 1 atom stereocenters. The molecule has 3 rings (SSSR count). The van der Waals surface area contributed by atoms with Crippen molar-refractivity contribution >= 4 is 17.0 Å². The van der Waals surface area contributed by atoms with Crippen LogP contribution in [0.1, 0.15) is 26.7 Å². The number of aliphatic hydroxyl groups excluding tert-OH is 1. The van der Waals surface area contributed by atoms with Crippen LogP contribution in [-0.4, -0.2) is 56.5 Å². The molecule has 0 saturated carbocycles. The number of rotatable bonds is 6. The average molecular weight is 305 g/mol. The first kappa shape index (κ1) is 15.2. The van der Waals surface area contributed by atoms with Gasteiger partial charge in [0.25, 0.3) is 0 Å². The molecule has 1 saturated heterocycles. The molecule has 2 aromatic heterocycles. The second kappa shape index (κ2) is 6.58. The number of imidazole rings is 1. The Morgan fingerprint density at radius 1 is 1.23 bits per heavy atom. The van der Waals surface area contributed by atoms with Crippen LogP contribution in [0.4, 0.5) is 5.82 Å². The Hall–Kier alpha value is -1.73. The van der Waals surface area contributed by atoms with Gasteiger partial charge in [-0.2, -0.15) is 0 Å². The minimum absolute atomic E-state index is 0.110. The third-order valence-corrected chi connectivity index (χ3v) is 3.82. The normalized spacial score (nSPS) is 16.8. The molecular formula is C15H23N5O2. The van der Waals surface area contributed by atoms with Crippen molar-refractivity contribution in [2.24, 2.45) is 0 Å². The smallest absolute Gasteiger partial charge is 0.165 e. The van der Waals surface area contributed by atoms with Crippen molar-refractivity contribution in [3.8, 4) is 0 Å². The summed E-state index contributed by atoms with van der Waals surface area (Å²) in [5.74, 6) is 0.897. The third kappa shape index (κ3) is 3.20. The molecule has 2 aromatic rings.